The average Bonchev–Trinajstić information content (AvgIpc) is 3.29. The summed E-state index contributed by atoms with van der Waals surface area (Å²) in [4.78, 5) is 28.7. The number of benzene rings is 3. The SMILES string of the molecule is O=C1[C@@H]2[C@@H](CC(CO)=C3[C@@H](CC/C(=C/c4cc(Br)ccc4O)c4ccccc4)OB(O)C[C@@H]32)C(=O)N1c1cccc(B(O)O)c1. The fourth-order valence-corrected chi connectivity index (χ4v) is 7.44. The van der Waals surface area contributed by atoms with Crippen LogP contribution < -0.4 is 10.4 Å². The molecular weight excluding hydrogens is 640 g/mol. The number of phenols is 1. The molecule has 0 saturated carbocycles. The van der Waals surface area contributed by atoms with Crippen LogP contribution in [0.15, 0.2) is 88.4 Å². The van der Waals surface area contributed by atoms with Crippen molar-refractivity contribution in [2.75, 3.05) is 11.5 Å². The Hall–Kier alpha value is -3.51. The first-order valence-corrected chi connectivity index (χ1v) is 15.7. The van der Waals surface area contributed by atoms with Crippen LogP contribution in [0.5, 0.6) is 5.75 Å². The second-order valence-electron chi connectivity index (χ2n) is 11.7. The maximum Gasteiger partial charge on any atom is 0.488 e. The van der Waals surface area contributed by atoms with Crippen LogP contribution in [0.1, 0.15) is 30.4 Å². The number of amides is 2. The topological polar surface area (TPSA) is 148 Å². The minimum atomic E-state index is -1.76. The molecule has 0 unspecified atom stereocenters. The zero-order chi connectivity index (χ0) is 31.8. The molecule has 3 aromatic rings. The van der Waals surface area contributed by atoms with E-state index in [1.54, 1.807) is 24.3 Å². The Morgan fingerprint density at radius 2 is 1.80 bits per heavy atom. The maximum atomic E-state index is 13.9. The number of aromatic hydroxyl groups is 1. The number of halogens is 1. The molecule has 2 saturated heterocycles. The average molecular weight is 672 g/mol. The predicted molar refractivity (Wildman–Crippen MR) is 175 cm³/mol. The molecule has 0 spiro atoms. The lowest BCUT2D eigenvalue weighted by Crippen LogP contribution is -2.46. The maximum absolute atomic E-state index is 13.9. The normalized spacial score (nSPS) is 23.4. The molecule has 6 rings (SSSR count). The third-order valence-corrected chi connectivity index (χ3v) is 9.56. The lowest BCUT2D eigenvalue weighted by Gasteiger charge is -2.43. The molecule has 2 amide bonds. The van der Waals surface area contributed by atoms with Crippen molar-refractivity contribution in [3.8, 4) is 5.75 Å². The van der Waals surface area contributed by atoms with Crippen molar-refractivity contribution in [1.82, 2.24) is 0 Å². The van der Waals surface area contributed by atoms with Crippen LogP contribution in [-0.4, -0.2) is 64.0 Å². The minimum absolute atomic E-state index is 0.103. The number of rotatable bonds is 8. The number of anilines is 1. The van der Waals surface area contributed by atoms with Gasteiger partial charge in [-0.05, 0) is 95.7 Å². The van der Waals surface area contributed by atoms with Gasteiger partial charge in [-0.2, -0.15) is 0 Å². The molecular formula is C33H32B2BrNO8. The molecule has 3 aromatic carbocycles. The molecule has 0 radical (unpaired) electrons. The molecule has 230 valence electrons. The molecule has 2 aliphatic heterocycles. The minimum Gasteiger partial charge on any atom is -0.507 e. The number of imide groups is 1. The molecule has 4 atom stereocenters. The van der Waals surface area contributed by atoms with Gasteiger partial charge in [0.15, 0.2) is 0 Å². The van der Waals surface area contributed by atoms with E-state index in [1.165, 1.54) is 12.1 Å². The van der Waals surface area contributed by atoms with Gasteiger partial charge in [0.2, 0.25) is 11.8 Å². The van der Waals surface area contributed by atoms with E-state index in [2.05, 4.69) is 15.9 Å². The Morgan fingerprint density at radius 3 is 2.53 bits per heavy atom. The van der Waals surface area contributed by atoms with E-state index in [1.807, 2.05) is 42.5 Å². The van der Waals surface area contributed by atoms with Crippen molar-refractivity contribution in [2.45, 2.75) is 31.7 Å². The van der Waals surface area contributed by atoms with Gasteiger partial charge in [0.25, 0.3) is 0 Å². The highest BCUT2D eigenvalue weighted by Crippen LogP contribution is 2.51. The first-order valence-electron chi connectivity index (χ1n) is 14.9. The van der Waals surface area contributed by atoms with E-state index in [-0.39, 0.29) is 36.2 Å². The van der Waals surface area contributed by atoms with E-state index in [0.29, 0.717) is 24.0 Å². The number of aliphatic hydroxyl groups is 1. The summed E-state index contributed by atoms with van der Waals surface area (Å²) < 4.78 is 6.89. The summed E-state index contributed by atoms with van der Waals surface area (Å²) in [5.41, 5.74) is 4.29. The summed E-state index contributed by atoms with van der Waals surface area (Å²) in [6.07, 6.45) is 2.49. The third-order valence-electron chi connectivity index (χ3n) is 9.07. The lowest BCUT2D eigenvalue weighted by atomic mass is 9.58. The van der Waals surface area contributed by atoms with E-state index < -0.39 is 49.9 Å². The Labute approximate surface area is 269 Å². The Bertz CT molecular complexity index is 1680. The standard InChI is InChI=1S/C33H32B2BrNO8/c36-24-10-11-28(39)21(14-24)13-20(19-5-2-1-3-6-19)9-12-29-30-22(18-38)15-26-31(27(30)17-34(42)45-29)33(41)37(32(26)40)25-8-4-7-23(16-25)35(43)44/h1-8,10-11,13-14,16,26-27,29,31,38-39,42-44H,9,12,15,17-18H2/b20-13-/t26-,27+,29-,31-/m1/s1. The number of fused-ring (bicyclic) bond motifs is 3. The molecule has 45 heavy (non-hydrogen) atoms. The first-order chi connectivity index (χ1) is 21.7. The zero-order valence-corrected chi connectivity index (χ0v) is 25.9. The number of hydrogen-bond acceptors (Lipinski definition) is 8. The number of carbonyl (C=O) groups excluding carboxylic acids is 2. The summed E-state index contributed by atoms with van der Waals surface area (Å²) in [5, 5.41) is 51.2. The number of hydrogen-bond donors (Lipinski definition) is 5. The number of phenolic OH excluding ortho intramolecular Hbond substituents is 1. The predicted octanol–water partition coefficient (Wildman–Crippen LogP) is 3.15. The largest absolute Gasteiger partial charge is 0.507 e. The van der Waals surface area contributed by atoms with Gasteiger partial charge in [-0.15, -0.1) is 0 Å². The Balaban J connectivity index is 1.32. The van der Waals surface area contributed by atoms with Crippen LogP contribution >= 0.6 is 15.9 Å². The highest BCUT2D eigenvalue weighted by molar-refractivity contribution is 9.10. The van der Waals surface area contributed by atoms with Crippen LogP contribution in [0.3, 0.4) is 0 Å². The fourth-order valence-electron chi connectivity index (χ4n) is 7.06. The number of nitrogens with zero attached hydrogens (tertiary/aromatic N) is 1. The van der Waals surface area contributed by atoms with Crippen molar-refractivity contribution in [1.29, 1.82) is 0 Å². The van der Waals surface area contributed by atoms with Gasteiger partial charge in [0, 0.05) is 10.0 Å². The summed E-state index contributed by atoms with van der Waals surface area (Å²) >= 11 is 3.47. The number of aliphatic hydroxyl groups excluding tert-OH is 1. The van der Waals surface area contributed by atoms with Crippen LogP contribution in [0.2, 0.25) is 6.32 Å². The highest BCUT2D eigenvalue weighted by atomic mass is 79.9. The lowest BCUT2D eigenvalue weighted by molar-refractivity contribution is -0.122. The van der Waals surface area contributed by atoms with Crippen molar-refractivity contribution in [2.24, 2.45) is 17.8 Å². The third kappa shape index (κ3) is 6.18. The van der Waals surface area contributed by atoms with Crippen LogP contribution in [-0.2, 0) is 14.2 Å². The van der Waals surface area contributed by atoms with E-state index in [0.717, 1.165) is 26.1 Å². The van der Waals surface area contributed by atoms with Crippen molar-refractivity contribution >= 4 is 64.8 Å². The molecule has 2 fully saturated rings. The summed E-state index contributed by atoms with van der Waals surface area (Å²) in [7, 11) is -2.94. The first kappa shape index (κ1) is 31.5. The van der Waals surface area contributed by atoms with Gasteiger partial charge >= 0.3 is 14.2 Å². The van der Waals surface area contributed by atoms with E-state index >= 15 is 0 Å². The number of carbonyl (C=O) groups is 2. The van der Waals surface area contributed by atoms with Gasteiger partial charge in [-0.1, -0.05) is 58.4 Å². The highest BCUT2D eigenvalue weighted by Gasteiger charge is 2.57. The van der Waals surface area contributed by atoms with Gasteiger partial charge in [0.1, 0.15) is 5.75 Å². The quantitative estimate of drug-likeness (QED) is 0.106. The fraction of sp³-hybridized carbons (Fsp3) is 0.273. The van der Waals surface area contributed by atoms with Gasteiger partial charge < -0.3 is 29.9 Å². The van der Waals surface area contributed by atoms with Crippen LogP contribution in [0, 0.1) is 17.8 Å². The second kappa shape index (κ2) is 13.1. The monoisotopic (exact) mass is 671 g/mol. The van der Waals surface area contributed by atoms with Crippen molar-refractivity contribution < 1.29 is 39.5 Å². The van der Waals surface area contributed by atoms with E-state index in [4.69, 9.17) is 4.65 Å². The molecule has 9 nitrogen and oxygen atoms in total. The van der Waals surface area contributed by atoms with Gasteiger partial charge in [-0.3, -0.25) is 14.5 Å². The zero-order valence-electron chi connectivity index (χ0n) is 24.3. The Morgan fingerprint density at radius 1 is 1.02 bits per heavy atom. The Kier molecular flexibility index (Phi) is 9.14. The van der Waals surface area contributed by atoms with E-state index in [9.17, 15) is 34.9 Å². The van der Waals surface area contributed by atoms with Gasteiger partial charge in [-0.25, -0.2) is 0 Å². The molecule has 3 aliphatic rings. The summed E-state index contributed by atoms with van der Waals surface area (Å²) in [6.45, 7) is -0.314. The molecule has 1 aliphatic carbocycles. The second-order valence-corrected chi connectivity index (χ2v) is 12.6. The van der Waals surface area contributed by atoms with Crippen LogP contribution in [0.4, 0.5) is 5.69 Å². The molecule has 0 bridgehead atoms. The molecule has 5 N–H and O–H groups in total. The van der Waals surface area contributed by atoms with Crippen LogP contribution in [0.25, 0.3) is 11.6 Å². The molecule has 2 heterocycles. The summed E-state index contributed by atoms with van der Waals surface area (Å²) in [6, 6.07) is 21.0. The summed E-state index contributed by atoms with van der Waals surface area (Å²) in [5.74, 6) is -2.70. The van der Waals surface area contributed by atoms with Gasteiger partial charge in [0.05, 0.1) is 30.2 Å². The molecule has 12 heteroatoms. The molecule has 0 aromatic heterocycles. The number of allylic oxidation sites excluding steroid dienone is 1. The smallest absolute Gasteiger partial charge is 0.488 e. The van der Waals surface area contributed by atoms with Crippen molar-refractivity contribution in [3.05, 3.63) is 99.5 Å². The van der Waals surface area contributed by atoms with Crippen molar-refractivity contribution in [3.63, 3.8) is 0 Å².